The van der Waals surface area contributed by atoms with Crippen LogP contribution in [0.2, 0.25) is 0 Å². The van der Waals surface area contributed by atoms with Crippen LogP contribution in [0.5, 0.6) is 5.75 Å². The van der Waals surface area contributed by atoms with Gasteiger partial charge in [-0.25, -0.2) is 4.79 Å². The first-order chi connectivity index (χ1) is 22.5. The van der Waals surface area contributed by atoms with E-state index in [1.54, 1.807) is 53.4 Å². The lowest BCUT2D eigenvalue weighted by molar-refractivity contribution is -0.935. The molecule has 0 spiro atoms. The highest BCUT2D eigenvalue weighted by Crippen LogP contribution is 2.36. The summed E-state index contributed by atoms with van der Waals surface area (Å²) in [5, 5.41) is 24.4. The molecule has 11 nitrogen and oxygen atoms in total. The summed E-state index contributed by atoms with van der Waals surface area (Å²) in [5.41, 5.74) is 7.86. The number of likely N-dealkylation sites (tertiary alicyclic amines) is 1. The molecule has 1 aliphatic heterocycles. The van der Waals surface area contributed by atoms with Gasteiger partial charge in [0, 0.05) is 29.6 Å². The molecule has 1 aliphatic carbocycles. The van der Waals surface area contributed by atoms with Gasteiger partial charge >= 0.3 is 12.2 Å². The van der Waals surface area contributed by atoms with E-state index in [0.717, 1.165) is 61.4 Å². The van der Waals surface area contributed by atoms with Gasteiger partial charge in [-0.05, 0) is 87.9 Å². The van der Waals surface area contributed by atoms with Gasteiger partial charge in [0.1, 0.15) is 17.8 Å². The zero-order valence-electron chi connectivity index (χ0n) is 27.6. The Hall–Kier alpha value is -4.33. The van der Waals surface area contributed by atoms with E-state index < -0.39 is 24.1 Å². The number of aliphatic carboxylic acids is 1. The number of aromatic hydroxyl groups is 1. The van der Waals surface area contributed by atoms with Gasteiger partial charge in [0.25, 0.3) is 5.91 Å². The summed E-state index contributed by atoms with van der Waals surface area (Å²) in [4.78, 5) is 49.9. The van der Waals surface area contributed by atoms with Crippen LogP contribution in [0.3, 0.4) is 0 Å². The average molecular weight is 678 g/mol. The third-order valence-electron chi connectivity index (χ3n) is 8.52. The Bertz CT molecular complexity index is 1400. The molecule has 14 heteroatoms. The number of amides is 4. The first-order valence-electron chi connectivity index (χ1n) is 16.2. The van der Waals surface area contributed by atoms with E-state index in [0.29, 0.717) is 11.3 Å². The second-order valence-corrected chi connectivity index (χ2v) is 13.0. The van der Waals surface area contributed by atoms with Crippen molar-refractivity contribution >= 4 is 29.5 Å². The zero-order valence-corrected chi connectivity index (χ0v) is 27.6. The summed E-state index contributed by atoms with van der Waals surface area (Å²) in [6.07, 6.45) is 0.448. The number of phenolic OH excluding ortho intramolecular Hbond substituents is 1. The molecule has 4 amide bonds. The Morgan fingerprint density at radius 1 is 1.04 bits per heavy atom. The fourth-order valence-corrected chi connectivity index (χ4v) is 6.29. The van der Waals surface area contributed by atoms with Crippen molar-refractivity contribution in [3.8, 4) is 5.75 Å². The van der Waals surface area contributed by atoms with E-state index in [1.807, 2.05) is 13.8 Å². The Labute approximate surface area is 278 Å². The fourth-order valence-electron chi connectivity index (χ4n) is 6.29. The van der Waals surface area contributed by atoms with E-state index in [-0.39, 0.29) is 36.2 Å². The lowest BCUT2D eigenvalue weighted by atomic mass is 9.96. The van der Waals surface area contributed by atoms with Gasteiger partial charge in [-0.2, -0.15) is 13.2 Å². The van der Waals surface area contributed by atoms with Crippen LogP contribution in [-0.4, -0.2) is 88.8 Å². The molecule has 0 bridgehead atoms. The molecule has 0 radical (unpaired) electrons. The number of phenols is 1. The summed E-state index contributed by atoms with van der Waals surface area (Å²) in [7, 11) is 0. The Balaban J connectivity index is 0.000000804. The number of carboxylic acids is 1. The fraction of sp³-hybridized carbons (Fsp3) is 0.529. The number of quaternary nitrogens is 1. The SMILES string of the molecule is CCC[N+]1(CC2CC2)CCC[C@@H](N(C(=O)Nc2ccc(C(=O)NC(C)C)cc2)[C@@H](Cc2ccc(O)cc2)C(N)=O)C1.O=C([O-])C(F)(F)F. The second-order valence-electron chi connectivity index (χ2n) is 13.0. The van der Waals surface area contributed by atoms with Crippen molar-refractivity contribution in [2.24, 2.45) is 11.7 Å². The van der Waals surface area contributed by atoms with Crippen molar-refractivity contribution in [1.29, 1.82) is 0 Å². The van der Waals surface area contributed by atoms with E-state index >= 15 is 0 Å². The molecule has 2 aliphatic rings. The minimum atomic E-state index is -5.19. The van der Waals surface area contributed by atoms with Gasteiger partial charge in [-0.1, -0.05) is 19.1 Å². The molecule has 264 valence electrons. The molecule has 2 fully saturated rings. The highest BCUT2D eigenvalue weighted by molar-refractivity contribution is 5.96. The maximum Gasteiger partial charge on any atom is 0.430 e. The summed E-state index contributed by atoms with van der Waals surface area (Å²) >= 11 is 0. The number of nitrogens with zero attached hydrogens (tertiary/aromatic N) is 2. The van der Waals surface area contributed by atoms with Crippen LogP contribution < -0.4 is 21.5 Å². The molecule has 48 heavy (non-hydrogen) atoms. The van der Waals surface area contributed by atoms with Crippen LogP contribution in [0.4, 0.5) is 23.7 Å². The van der Waals surface area contributed by atoms with Gasteiger partial charge in [-0.15, -0.1) is 0 Å². The molecule has 1 saturated heterocycles. The standard InChI is InChI=1S/C32H45N5O4.C2HF3O2/c1-4-17-37(20-24-7-8-24)18-5-6-27(21-37)36(29(30(33)39)19-23-9-15-28(38)16-10-23)32(41)35-26-13-11-25(12-14-26)31(40)34-22(2)3;3-2(4,5)1(6)7/h9-16,22,24,27,29H,4-8,17-21H2,1-3H3,(H4-,33,34,35,38,39,40,41);(H,6,7)/t27-,29+,37?;/m1./s1. The normalized spacial score (nSPS) is 19.8. The van der Waals surface area contributed by atoms with Gasteiger partial charge in [0.05, 0.1) is 32.2 Å². The number of anilines is 1. The number of nitrogens with one attached hydrogen (secondary N) is 2. The summed E-state index contributed by atoms with van der Waals surface area (Å²) in [5.74, 6) is -2.86. The molecule has 4 rings (SSSR count). The largest absolute Gasteiger partial charge is 0.542 e. The van der Waals surface area contributed by atoms with Crippen LogP contribution in [0.15, 0.2) is 48.5 Å². The lowest BCUT2D eigenvalue weighted by Crippen LogP contribution is -2.64. The Morgan fingerprint density at radius 3 is 2.15 bits per heavy atom. The molecular weight excluding hydrogens is 631 g/mol. The number of rotatable bonds is 12. The van der Waals surface area contributed by atoms with Crippen LogP contribution in [0, 0.1) is 5.92 Å². The molecule has 3 atom stereocenters. The molecule has 5 N–H and O–H groups in total. The predicted molar refractivity (Wildman–Crippen MR) is 172 cm³/mol. The topological polar surface area (TPSA) is 165 Å². The monoisotopic (exact) mass is 677 g/mol. The van der Waals surface area contributed by atoms with Crippen LogP contribution in [-0.2, 0) is 16.0 Å². The molecule has 1 heterocycles. The minimum Gasteiger partial charge on any atom is -0.542 e. The maximum atomic E-state index is 14.1. The van der Waals surface area contributed by atoms with E-state index in [9.17, 15) is 32.7 Å². The number of carboxylic acid groups (broad SMARTS) is 1. The van der Waals surface area contributed by atoms with Crippen molar-refractivity contribution in [2.45, 2.75) is 83.6 Å². The van der Waals surface area contributed by atoms with Gasteiger partial charge in [0.15, 0.2) is 0 Å². The first kappa shape index (κ1) is 38.1. The van der Waals surface area contributed by atoms with Crippen LogP contribution in [0.1, 0.15) is 68.8 Å². The Kier molecular flexibility index (Phi) is 13.2. The molecule has 2 aromatic carbocycles. The summed E-state index contributed by atoms with van der Waals surface area (Å²) in [6, 6.07) is 12.1. The second kappa shape index (κ2) is 16.7. The van der Waals surface area contributed by atoms with Crippen molar-refractivity contribution in [3.63, 3.8) is 0 Å². The summed E-state index contributed by atoms with van der Waals surface area (Å²) in [6.45, 7) is 10.1. The number of benzene rings is 2. The number of hydrogen-bond acceptors (Lipinski definition) is 6. The lowest BCUT2D eigenvalue weighted by Gasteiger charge is -2.48. The molecule has 1 saturated carbocycles. The average Bonchev–Trinajstić information content (AvgIpc) is 3.81. The van der Waals surface area contributed by atoms with Crippen molar-refractivity contribution in [3.05, 3.63) is 59.7 Å². The molecular formula is C34H46F3N5O6. The Morgan fingerprint density at radius 2 is 1.65 bits per heavy atom. The van der Waals surface area contributed by atoms with Crippen LogP contribution in [0.25, 0.3) is 0 Å². The number of urea groups is 1. The van der Waals surface area contributed by atoms with Crippen molar-refractivity contribution < 1.29 is 47.0 Å². The van der Waals surface area contributed by atoms with E-state index in [4.69, 9.17) is 15.6 Å². The van der Waals surface area contributed by atoms with E-state index in [1.165, 1.54) is 12.8 Å². The first-order valence-corrected chi connectivity index (χ1v) is 16.2. The minimum absolute atomic E-state index is 0.0170. The highest BCUT2D eigenvalue weighted by atomic mass is 19.4. The third kappa shape index (κ3) is 11.4. The number of alkyl halides is 3. The number of primary amides is 1. The number of hydrogen-bond donors (Lipinski definition) is 4. The number of halogens is 3. The third-order valence-corrected chi connectivity index (χ3v) is 8.52. The number of carbonyl (C=O) groups excluding carboxylic acids is 4. The van der Waals surface area contributed by atoms with Gasteiger partial charge in [0.2, 0.25) is 5.91 Å². The van der Waals surface area contributed by atoms with Crippen LogP contribution >= 0.6 is 0 Å². The van der Waals surface area contributed by atoms with Gasteiger partial charge in [-0.3, -0.25) is 9.59 Å². The molecule has 1 unspecified atom stereocenters. The zero-order chi connectivity index (χ0) is 35.6. The van der Waals surface area contributed by atoms with Crippen molar-refractivity contribution in [1.82, 2.24) is 10.2 Å². The molecule has 2 aromatic rings. The van der Waals surface area contributed by atoms with E-state index in [2.05, 4.69) is 17.6 Å². The molecule has 0 aromatic heterocycles. The maximum absolute atomic E-state index is 14.1. The number of nitrogens with two attached hydrogens (primary N) is 1. The number of carbonyl (C=O) groups is 4. The summed E-state index contributed by atoms with van der Waals surface area (Å²) < 4.78 is 32.5. The predicted octanol–water partition coefficient (Wildman–Crippen LogP) is 3.56. The number of piperidine rings is 1. The van der Waals surface area contributed by atoms with Crippen molar-refractivity contribution in [2.75, 3.05) is 31.5 Å². The van der Waals surface area contributed by atoms with Gasteiger partial charge < -0.3 is 40.8 Å². The smallest absolute Gasteiger partial charge is 0.430 e. The quantitative estimate of drug-likeness (QED) is 0.251. The highest BCUT2D eigenvalue weighted by Gasteiger charge is 2.44.